The number of ether oxygens (including phenoxy) is 1. The van der Waals surface area contributed by atoms with E-state index in [1.807, 2.05) is 6.08 Å². The summed E-state index contributed by atoms with van der Waals surface area (Å²) in [5.74, 6) is 0.493. The van der Waals surface area contributed by atoms with Gasteiger partial charge in [-0.1, -0.05) is 52.9 Å². The molecule has 144 valence electrons. The third-order valence-corrected chi connectivity index (χ3v) is 5.62. The first-order chi connectivity index (χ1) is 13.4. The van der Waals surface area contributed by atoms with Gasteiger partial charge in [-0.2, -0.15) is 0 Å². The molecule has 0 radical (unpaired) electrons. The second-order valence-corrected chi connectivity index (χ2v) is 7.43. The average Bonchev–Trinajstić information content (AvgIpc) is 2.67. The van der Waals surface area contributed by atoms with Crippen molar-refractivity contribution in [2.45, 2.75) is 3.92 Å². The molecule has 6 heteroatoms. The van der Waals surface area contributed by atoms with E-state index < -0.39 is 0 Å². The molecule has 5 nitrogen and oxygen atoms in total. The molecule has 4 N–H and O–H groups in total. The molecule has 0 aliphatic heterocycles. The highest BCUT2D eigenvalue weighted by atomic mass is 127. The Labute approximate surface area is 176 Å². The predicted octanol–water partition coefficient (Wildman–Crippen LogP) is 5.21. The number of hydrogen-bond donors (Lipinski definition) is 4. The summed E-state index contributed by atoms with van der Waals surface area (Å²) >= 11 is 2.19. The summed E-state index contributed by atoms with van der Waals surface area (Å²) in [5.41, 5.74) is 2.97. The molecule has 1 atom stereocenters. The van der Waals surface area contributed by atoms with E-state index in [1.54, 1.807) is 54.6 Å². The lowest BCUT2D eigenvalue weighted by molar-refractivity contribution is 0.373. The number of phenols is 4. The van der Waals surface area contributed by atoms with Gasteiger partial charge < -0.3 is 25.2 Å². The fourth-order valence-corrected chi connectivity index (χ4v) is 3.91. The first-order valence-corrected chi connectivity index (χ1v) is 9.67. The quantitative estimate of drug-likeness (QED) is 0.224. The molecular formula is C22H19IO5. The smallest absolute Gasteiger partial charge is 0.160 e. The highest BCUT2D eigenvalue weighted by Crippen LogP contribution is 2.43. The zero-order valence-electron chi connectivity index (χ0n) is 15.0. The van der Waals surface area contributed by atoms with E-state index in [0.29, 0.717) is 16.9 Å². The van der Waals surface area contributed by atoms with Crippen molar-refractivity contribution in [1.29, 1.82) is 0 Å². The Kier molecular flexibility index (Phi) is 5.99. The molecule has 0 aliphatic carbocycles. The Balaban J connectivity index is 2.04. The van der Waals surface area contributed by atoms with E-state index in [-0.39, 0.29) is 26.9 Å². The van der Waals surface area contributed by atoms with Crippen molar-refractivity contribution in [3.05, 3.63) is 76.9 Å². The van der Waals surface area contributed by atoms with E-state index in [9.17, 15) is 20.4 Å². The number of phenolic OH excluding ortho intramolecular Hbond substituents is 4. The second kappa shape index (κ2) is 8.43. The summed E-state index contributed by atoms with van der Waals surface area (Å²) in [7, 11) is 1.48. The van der Waals surface area contributed by atoms with Crippen LogP contribution in [0.3, 0.4) is 0 Å². The summed E-state index contributed by atoms with van der Waals surface area (Å²) < 4.78 is 4.92. The number of alkyl halides is 1. The van der Waals surface area contributed by atoms with E-state index in [2.05, 4.69) is 22.6 Å². The van der Waals surface area contributed by atoms with Gasteiger partial charge in [-0.25, -0.2) is 0 Å². The van der Waals surface area contributed by atoms with Gasteiger partial charge in [-0.05, 0) is 47.0 Å². The van der Waals surface area contributed by atoms with Crippen LogP contribution in [0.15, 0.2) is 54.6 Å². The van der Waals surface area contributed by atoms with Gasteiger partial charge in [-0.3, -0.25) is 0 Å². The summed E-state index contributed by atoms with van der Waals surface area (Å²) in [6.45, 7) is 0. The topological polar surface area (TPSA) is 90.2 Å². The molecule has 0 spiro atoms. The zero-order chi connectivity index (χ0) is 20.3. The maximum atomic E-state index is 10.5. The SMILES string of the molecule is COc1cc(C(I)c2c(O)cc(O)cc2/C=C/c2ccc(O)cc2)ccc1O. The first-order valence-electron chi connectivity index (χ1n) is 8.43. The molecule has 0 saturated heterocycles. The van der Waals surface area contributed by atoms with E-state index in [1.165, 1.54) is 13.2 Å². The molecule has 0 amide bonds. The lowest BCUT2D eigenvalue weighted by Gasteiger charge is -2.17. The fraction of sp³-hybridized carbons (Fsp3) is 0.0909. The van der Waals surface area contributed by atoms with Gasteiger partial charge in [-0.15, -0.1) is 0 Å². The first kappa shape index (κ1) is 19.9. The van der Waals surface area contributed by atoms with Gasteiger partial charge in [0.1, 0.15) is 17.2 Å². The third kappa shape index (κ3) is 4.33. The highest BCUT2D eigenvalue weighted by molar-refractivity contribution is 14.1. The number of hydrogen-bond acceptors (Lipinski definition) is 5. The Morgan fingerprint density at radius 2 is 1.54 bits per heavy atom. The largest absolute Gasteiger partial charge is 0.508 e. The highest BCUT2D eigenvalue weighted by Gasteiger charge is 2.20. The van der Waals surface area contributed by atoms with E-state index >= 15 is 0 Å². The normalized spacial score (nSPS) is 12.2. The van der Waals surface area contributed by atoms with Crippen molar-refractivity contribution in [2.75, 3.05) is 7.11 Å². The van der Waals surface area contributed by atoms with Crippen molar-refractivity contribution in [3.8, 4) is 28.7 Å². The number of methoxy groups -OCH3 is 1. The minimum absolute atomic E-state index is 0.0307. The lowest BCUT2D eigenvalue weighted by atomic mass is 9.97. The summed E-state index contributed by atoms with van der Waals surface area (Å²) in [4.78, 5) is 0. The molecule has 3 aromatic carbocycles. The molecule has 0 aliphatic rings. The number of benzene rings is 3. The molecule has 3 rings (SSSR count). The lowest BCUT2D eigenvalue weighted by Crippen LogP contribution is -1.98. The number of halogens is 1. The van der Waals surface area contributed by atoms with E-state index in [4.69, 9.17) is 4.74 Å². The van der Waals surface area contributed by atoms with Crippen molar-refractivity contribution in [3.63, 3.8) is 0 Å². The monoisotopic (exact) mass is 490 g/mol. The van der Waals surface area contributed by atoms with Crippen LogP contribution in [-0.2, 0) is 0 Å². The van der Waals surface area contributed by atoms with E-state index in [0.717, 1.165) is 11.1 Å². The van der Waals surface area contributed by atoms with Crippen LogP contribution in [0.5, 0.6) is 28.7 Å². The standard InChI is InChI=1S/C22H19IO5/c1-28-20-11-15(6-9-18(20)26)22(23)21-14(10-17(25)12-19(21)27)5-2-13-3-7-16(24)8-4-13/h2-12,22,24-27H,1H3/b5-2+. The van der Waals surface area contributed by atoms with Gasteiger partial charge >= 0.3 is 0 Å². The van der Waals surface area contributed by atoms with Crippen LogP contribution in [0.2, 0.25) is 0 Å². The van der Waals surface area contributed by atoms with Crippen molar-refractivity contribution in [2.24, 2.45) is 0 Å². The minimum atomic E-state index is -0.257. The molecule has 0 fully saturated rings. The number of rotatable bonds is 5. The Morgan fingerprint density at radius 1 is 0.821 bits per heavy atom. The summed E-state index contributed by atoms with van der Waals surface area (Å²) in [6, 6.07) is 14.6. The molecule has 0 bridgehead atoms. The molecule has 0 heterocycles. The van der Waals surface area contributed by atoms with Gasteiger partial charge in [0.25, 0.3) is 0 Å². The van der Waals surface area contributed by atoms with Gasteiger partial charge in [0.2, 0.25) is 0 Å². The van der Waals surface area contributed by atoms with Crippen LogP contribution < -0.4 is 4.74 Å². The Morgan fingerprint density at radius 3 is 2.21 bits per heavy atom. The van der Waals surface area contributed by atoms with Crippen LogP contribution in [0, 0.1) is 0 Å². The Bertz CT molecular complexity index is 1010. The second-order valence-electron chi connectivity index (χ2n) is 6.19. The predicted molar refractivity (Wildman–Crippen MR) is 117 cm³/mol. The van der Waals surface area contributed by atoms with Gasteiger partial charge in [0.15, 0.2) is 11.5 Å². The maximum absolute atomic E-state index is 10.5. The van der Waals surface area contributed by atoms with Crippen molar-refractivity contribution >= 4 is 34.7 Å². The third-order valence-electron chi connectivity index (χ3n) is 4.27. The van der Waals surface area contributed by atoms with Crippen LogP contribution in [0.4, 0.5) is 0 Å². The van der Waals surface area contributed by atoms with Crippen LogP contribution in [0.25, 0.3) is 12.2 Å². The Hall–Kier alpha value is -2.87. The molecule has 0 aromatic heterocycles. The maximum Gasteiger partial charge on any atom is 0.160 e. The van der Waals surface area contributed by atoms with Crippen LogP contribution in [0.1, 0.15) is 26.2 Å². The molecule has 1 unspecified atom stereocenters. The number of aromatic hydroxyl groups is 4. The molecule has 3 aromatic rings. The zero-order valence-corrected chi connectivity index (χ0v) is 17.2. The fourth-order valence-electron chi connectivity index (χ4n) is 2.85. The van der Waals surface area contributed by atoms with Crippen molar-refractivity contribution in [1.82, 2.24) is 0 Å². The van der Waals surface area contributed by atoms with Gasteiger partial charge in [0, 0.05) is 11.6 Å². The molecule has 0 saturated carbocycles. The van der Waals surface area contributed by atoms with Crippen LogP contribution in [-0.4, -0.2) is 27.5 Å². The summed E-state index contributed by atoms with van der Waals surface area (Å²) in [6.07, 6.45) is 3.63. The van der Waals surface area contributed by atoms with Crippen molar-refractivity contribution < 1.29 is 25.2 Å². The molecule has 28 heavy (non-hydrogen) atoms. The van der Waals surface area contributed by atoms with Gasteiger partial charge in [0.05, 0.1) is 11.0 Å². The summed E-state index contributed by atoms with van der Waals surface area (Å²) in [5, 5.41) is 39.7. The molecular weight excluding hydrogens is 471 g/mol. The minimum Gasteiger partial charge on any atom is -0.508 e. The average molecular weight is 490 g/mol. The van der Waals surface area contributed by atoms with Crippen LogP contribution >= 0.6 is 22.6 Å².